The van der Waals surface area contributed by atoms with Gasteiger partial charge in [0.15, 0.2) is 5.16 Å². The summed E-state index contributed by atoms with van der Waals surface area (Å²) in [5.41, 5.74) is 7.63. The van der Waals surface area contributed by atoms with E-state index in [4.69, 9.17) is 0 Å². The van der Waals surface area contributed by atoms with E-state index in [1.807, 2.05) is 32.0 Å². The number of benzene rings is 1. The van der Waals surface area contributed by atoms with Crippen molar-refractivity contribution in [2.75, 3.05) is 19.8 Å². The number of likely N-dealkylation sites (N-methyl/N-ethyl adjacent to an activating group) is 1. The lowest BCUT2D eigenvalue weighted by molar-refractivity contribution is -0.121. The van der Waals surface area contributed by atoms with Crippen LogP contribution in [0.2, 0.25) is 0 Å². The fourth-order valence-electron chi connectivity index (χ4n) is 2.22. The van der Waals surface area contributed by atoms with Gasteiger partial charge in [-0.25, -0.2) is 18.4 Å². The number of aromatic nitrogens is 2. The van der Waals surface area contributed by atoms with Crippen LogP contribution in [0.25, 0.3) is 0 Å². The molecular weight excluding hydrogens is 414 g/mol. The van der Waals surface area contributed by atoms with E-state index < -0.39 is 28.4 Å². The highest BCUT2D eigenvalue weighted by atomic mass is 32.2. The number of hydrogen-bond acceptors (Lipinski definition) is 7. The van der Waals surface area contributed by atoms with Crippen LogP contribution < -0.4 is 10.9 Å². The number of nitrogens with one attached hydrogen (secondary N) is 2. The summed E-state index contributed by atoms with van der Waals surface area (Å²) in [7, 11) is -2.20. The SMILES string of the molecule is Cc1cc(C)nc(SCc2ccc(C(=O)NNC(=O)CN(C)S(C)(=O)=O)cc2)n1. The molecule has 0 aliphatic carbocycles. The maximum atomic E-state index is 12.1. The van der Waals surface area contributed by atoms with E-state index in [1.165, 1.54) is 18.8 Å². The van der Waals surface area contributed by atoms with Crippen molar-refractivity contribution in [3.63, 3.8) is 0 Å². The van der Waals surface area contributed by atoms with Crippen molar-refractivity contribution in [2.45, 2.75) is 24.8 Å². The van der Waals surface area contributed by atoms with Crippen LogP contribution in [0.5, 0.6) is 0 Å². The largest absolute Gasteiger partial charge is 0.272 e. The number of nitrogens with zero attached hydrogens (tertiary/aromatic N) is 3. The molecule has 0 aliphatic rings. The molecule has 0 radical (unpaired) electrons. The first-order valence-electron chi connectivity index (χ1n) is 8.59. The molecule has 0 unspecified atom stereocenters. The Balaban J connectivity index is 1.85. The number of aryl methyl sites for hydroxylation is 2. The van der Waals surface area contributed by atoms with E-state index in [9.17, 15) is 18.0 Å². The third-order valence-electron chi connectivity index (χ3n) is 3.79. The summed E-state index contributed by atoms with van der Waals surface area (Å²) in [6.45, 7) is 3.45. The Bertz CT molecular complexity index is 974. The van der Waals surface area contributed by atoms with Crippen molar-refractivity contribution in [2.24, 2.45) is 0 Å². The molecule has 1 aromatic carbocycles. The molecule has 0 fully saturated rings. The minimum atomic E-state index is -3.47. The number of carbonyl (C=O) groups excluding carboxylic acids is 2. The fourth-order valence-corrected chi connectivity index (χ4v) is 3.47. The molecule has 29 heavy (non-hydrogen) atoms. The summed E-state index contributed by atoms with van der Waals surface area (Å²) >= 11 is 1.50. The predicted molar refractivity (Wildman–Crippen MR) is 111 cm³/mol. The van der Waals surface area contributed by atoms with Crippen LogP contribution in [0, 0.1) is 13.8 Å². The molecule has 156 valence electrons. The van der Waals surface area contributed by atoms with Crippen molar-refractivity contribution in [3.05, 3.63) is 52.8 Å². The second-order valence-corrected chi connectivity index (χ2v) is 9.47. The van der Waals surface area contributed by atoms with Crippen molar-refractivity contribution in [1.82, 2.24) is 25.1 Å². The second kappa shape index (κ2) is 9.81. The quantitative estimate of drug-likeness (QED) is 0.377. The Kier molecular flexibility index (Phi) is 7.71. The number of rotatable bonds is 7. The number of carbonyl (C=O) groups is 2. The second-order valence-electron chi connectivity index (χ2n) is 6.44. The lowest BCUT2D eigenvalue weighted by Gasteiger charge is -2.14. The number of thioether (sulfide) groups is 1. The highest BCUT2D eigenvalue weighted by Crippen LogP contribution is 2.20. The highest BCUT2D eigenvalue weighted by Gasteiger charge is 2.15. The molecule has 2 N–H and O–H groups in total. The van der Waals surface area contributed by atoms with Gasteiger partial charge < -0.3 is 0 Å². The zero-order chi connectivity index (χ0) is 21.6. The molecule has 11 heteroatoms. The van der Waals surface area contributed by atoms with Crippen LogP contribution in [-0.2, 0) is 20.6 Å². The maximum Gasteiger partial charge on any atom is 0.269 e. The topological polar surface area (TPSA) is 121 Å². The van der Waals surface area contributed by atoms with E-state index in [-0.39, 0.29) is 0 Å². The molecule has 0 spiro atoms. The van der Waals surface area contributed by atoms with Crippen molar-refractivity contribution in [1.29, 1.82) is 0 Å². The van der Waals surface area contributed by atoms with Crippen LogP contribution >= 0.6 is 11.8 Å². The number of hydrazine groups is 1. The van der Waals surface area contributed by atoms with E-state index in [0.717, 1.165) is 27.5 Å². The standard InChI is InChI=1S/C18H23N5O4S2/c1-12-9-13(2)20-18(19-12)28-11-14-5-7-15(8-6-14)17(25)22-21-16(24)10-23(3)29(4,26)27/h5-9H,10-11H2,1-4H3,(H,21,24)(H,22,25). The molecule has 1 heterocycles. The summed E-state index contributed by atoms with van der Waals surface area (Å²) in [5.74, 6) is -0.496. The van der Waals surface area contributed by atoms with Crippen molar-refractivity contribution in [3.8, 4) is 0 Å². The van der Waals surface area contributed by atoms with Crippen LogP contribution in [0.15, 0.2) is 35.5 Å². The molecule has 2 amide bonds. The summed E-state index contributed by atoms with van der Waals surface area (Å²) in [6, 6.07) is 8.81. The predicted octanol–water partition coefficient (Wildman–Crippen LogP) is 1.04. The lowest BCUT2D eigenvalue weighted by Crippen LogP contribution is -2.46. The molecule has 0 aliphatic heterocycles. The van der Waals surface area contributed by atoms with Gasteiger partial charge in [0.1, 0.15) is 0 Å². The minimum Gasteiger partial charge on any atom is -0.272 e. The summed E-state index contributed by atoms with van der Waals surface area (Å²) in [6.07, 6.45) is 0.991. The lowest BCUT2D eigenvalue weighted by atomic mass is 10.1. The Morgan fingerprint density at radius 2 is 1.66 bits per heavy atom. The molecule has 2 rings (SSSR count). The molecule has 1 aromatic heterocycles. The molecule has 0 bridgehead atoms. The average molecular weight is 438 g/mol. The van der Waals surface area contributed by atoms with E-state index in [2.05, 4.69) is 20.8 Å². The Morgan fingerprint density at radius 3 is 2.21 bits per heavy atom. The first-order valence-corrected chi connectivity index (χ1v) is 11.4. The molecule has 0 saturated heterocycles. The number of amides is 2. The fraction of sp³-hybridized carbons (Fsp3) is 0.333. The van der Waals surface area contributed by atoms with Crippen molar-refractivity contribution < 1.29 is 18.0 Å². The zero-order valence-electron chi connectivity index (χ0n) is 16.6. The van der Waals surface area contributed by atoms with Gasteiger partial charge in [-0.2, -0.15) is 4.31 Å². The van der Waals surface area contributed by atoms with Gasteiger partial charge in [0.25, 0.3) is 11.8 Å². The third-order valence-corrected chi connectivity index (χ3v) is 5.97. The van der Waals surface area contributed by atoms with Gasteiger partial charge in [-0.1, -0.05) is 23.9 Å². The van der Waals surface area contributed by atoms with Crippen molar-refractivity contribution >= 4 is 33.6 Å². The summed E-state index contributed by atoms with van der Waals surface area (Å²) in [4.78, 5) is 32.6. The van der Waals surface area contributed by atoms with Gasteiger partial charge in [0.05, 0.1) is 12.8 Å². The first-order chi connectivity index (χ1) is 13.5. The molecule has 9 nitrogen and oxygen atoms in total. The molecule has 0 saturated carbocycles. The average Bonchev–Trinajstić information content (AvgIpc) is 2.63. The van der Waals surface area contributed by atoms with Crippen LogP contribution in [0.1, 0.15) is 27.3 Å². The van der Waals surface area contributed by atoms with Gasteiger partial charge >= 0.3 is 0 Å². The highest BCUT2D eigenvalue weighted by molar-refractivity contribution is 7.98. The third kappa shape index (κ3) is 7.44. The molecular formula is C18H23N5O4S2. The number of hydrogen-bond donors (Lipinski definition) is 2. The molecule has 0 atom stereocenters. The van der Waals surface area contributed by atoms with Crippen LogP contribution in [-0.4, -0.2) is 54.4 Å². The Hall–Kier alpha value is -2.50. The van der Waals surface area contributed by atoms with Gasteiger partial charge in [-0.05, 0) is 37.6 Å². The zero-order valence-corrected chi connectivity index (χ0v) is 18.2. The van der Waals surface area contributed by atoms with E-state index >= 15 is 0 Å². The van der Waals surface area contributed by atoms with Gasteiger partial charge in [0.2, 0.25) is 10.0 Å². The number of sulfonamides is 1. The smallest absolute Gasteiger partial charge is 0.269 e. The Labute approximate surface area is 174 Å². The summed E-state index contributed by atoms with van der Waals surface area (Å²) < 4.78 is 23.4. The summed E-state index contributed by atoms with van der Waals surface area (Å²) in [5, 5.41) is 0.700. The van der Waals surface area contributed by atoms with Gasteiger partial charge in [0, 0.05) is 29.8 Å². The monoisotopic (exact) mass is 437 g/mol. The van der Waals surface area contributed by atoms with Crippen LogP contribution in [0.4, 0.5) is 0 Å². The van der Waals surface area contributed by atoms with E-state index in [0.29, 0.717) is 16.5 Å². The normalized spacial score (nSPS) is 11.3. The van der Waals surface area contributed by atoms with E-state index in [1.54, 1.807) is 12.1 Å². The van der Waals surface area contributed by atoms with Gasteiger partial charge in [-0.3, -0.25) is 20.4 Å². The van der Waals surface area contributed by atoms with Gasteiger partial charge in [-0.15, -0.1) is 0 Å². The maximum absolute atomic E-state index is 12.1. The molecule has 2 aromatic rings. The first kappa shape index (κ1) is 22.8. The Morgan fingerprint density at radius 1 is 1.07 bits per heavy atom. The van der Waals surface area contributed by atoms with Crippen LogP contribution in [0.3, 0.4) is 0 Å². The minimum absolute atomic E-state index is 0.359.